The number of rotatable bonds is 2. The summed E-state index contributed by atoms with van der Waals surface area (Å²) in [6.07, 6.45) is -4.49. The van der Waals surface area contributed by atoms with Gasteiger partial charge in [-0.2, -0.15) is 13.2 Å². The van der Waals surface area contributed by atoms with Gasteiger partial charge in [-0.05, 0) is 11.6 Å². The van der Waals surface area contributed by atoms with Crippen LogP contribution in [0.25, 0.3) is 11.1 Å². The summed E-state index contributed by atoms with van der Waals surface area (Å²) < 4.78 is 38.8. The van der Waals surface area contributed by atoms with Gasteiger partial charge in [0.2, 0.25) is 0 Å². The fraction of sp³-hybridized carbons (Fsp3) is 0.154. The Morgan fingerprint density at radius 1 is 1.00 bits per heavy atom. The third-order valence-corrected chi connectivity index (χ3v) is 2.72. The molecule has 1 nitrogen and oxygen atoms in total. The lowest BCUT2D eigenvalue weighted by Crippen LogP contribution is -2.11. The van der Waals surface area contributed by atoms with E-state index in [-0.39, 0.29) is 17.1 Å². The van der Waals surface area contributed by atoms with Gasteiger partial charge >= 0.3 is 6.18 Å². The highest BCUT2D eigenvalue weighted by atomic mass is 35.5. The predicted octanol–water partition coefficient (Wildman–Crippen LogP) is 4.51. The highest BCUT2D eigenvalue weighted by Crippen LogP contribution is 2.35. The van der Waals surface area contributed by atoms with Crippen LogP contribution in [0.5, 0.6) is 0 Å². The molecular formula is C13H9ClF3N. The van der Waals surface area contributed by atoms with E-state index in [2.05, 4.69) is 4.98 Å². The second-order valence-electron chi connectivity index (χ2n) is 3.70. The minimum absolute atomic E-state index is 0.0435. The average molecular weight is 272 g/mol. The van der Waals surface area contributed by atoms with Crippen molar-refractivity contribution in [3.63, 3.8) is 0 Å². The van der Waals surface area contributed by atoms with Crippen LogP contribution < -0.4 is 0 Å². The standard InChI is InChI=1S/C13H9ClF3N/c14-8-10-6-7-11(9-4-2-1-3-5-9)12(18-10)13(15,16)17/h1-7H,8H2. The van der Waals surface area contributed by atoms with Gasteiger partial charge in [-0.25, -0.2) is 4.98 Å². The number of alkyl halides is 4. The molecule has 5 heteroatoms. The summed E-state index contributed by atoms with van der Waals surface area (Å²) in [4.78, 5) is 3.58. The number of aromatic nitrogens is 1. The van der Waals surface area contributed by atoms with E-state index in [1.807, 2.05) is 0 Å². The molecule has 1 aromatic carbocycles. The lowest BCUT2D eigenvalue weighted by Gasteiger charge is -2.13. The average Bonchev–Trinajstić information content (AvgIpc) is 2.38. The van der Waals surface area contributed by atoms with E-state index >= 15 is 0 Å². The first-order valence-electron chi connectivity index (χ1n) is 5.21. The summed E-state index contributed by atoms with van der Waals surface area (Å²) in [6, 6.07) is 11.3. The van der Waals surface area contributed by atoms with Crippen molar-refractivity contribution in [3.8, 4) is 11.1 Å². The maximum Gasteiger partial charge on any atom is 0.433 e. The Morgan fingerprint density at radius 3 is 2.22 bits per heavy atom. The fourth-order valence-corrected chi connectivity index (χ4v) is 1.79. The van der Waals surface area contributed by atoms with E-state index in [0.717, 1.165) is 0 Å². The van der Waals surface area contributed by atoms with E-state index in [0.29, 0.717) is 5.56 Å². The molecule has 94 valence electrons. The molecule has 0 amide bonds. The Labute approximate surface area is 107 Å². The summed E-state index contributed by atoms with van der Waals surface area (Å²) in [5.74, 6) is -0.0435. The normalized spacial score (nSPS) is 11.6. The molecule has 2 aromatic rings. The van der Waals surface area contributed by atoms with Crippen molar-refractivity contribution in [2.45, 2.75) is 12.1 Å². The minimum Gasteiger partial charge on any atom is -0.246 e. The van der Waals surface area contributed by atoms with Gasteiger partial charge < -0.3 is 0 Å². The van der Waals surface area contributed by atoms with Gasteiger partial charge in [-0.1, -0.05) is 36.4 Å². The molecule has 0 spiro atoms. The summed E-state index contributed by atoms with van der Waals surface area (Å²) in [6.45, 7) is 0. The van der Waals surface area contributed by atoms with Crippen LogP contribution >= 0.6 is 11.6 Å². The SMILES string of the molecule is FC(F)(F)c1nc(CCl)ccc1-c1ccccc1. The lowest BCUT2D eigenvalue weighted by atomic mass is 10.0. The molecule has 0 fully saturated rings. The van der Waals surface area contributed by atoms with Gasteiger partial charge in [0.05, 0.1) is 11.6 Å². The van der Waals surface area contributed by atoms with Gasteiger partial charge in [0.1, 0.15) is 0 Å². The molecule has 0 saturated heterocycles. The molecule has 0 radical (unpaired) electrons. The molecule has 0 N–H and O–H groups in total. The van der Waals surface area contributed by atoms with Crippen molar-refractivity contribution < 1.29 is 13.2 Å². The maximum atomic E-state index is 12.9. The zero-order chi connectivity index (χ0) is 13.2. The van der Waals surface area contributed by atoms with E-state index in [1.54, 1.807) is 30.3 Å². The lowest BCUT2D eigenvalue weighted by molar-refractivity contribution is -0.140. The fourth-order valence-electron chi connectivity index (χ4n) is 1.64. The zero-order valence-corrected chi connectivity index (χ0v) is 9.96. The van der Waals surface area contributed by atoms with Gasteiger partial charge in [-0.15, -0.1) is 11.6 Å². The predicted molar refractivity (Wildman–Crippen MR) is 64.2 cm³/mol. The quantitative estimate of drug-likeness (QED) is 0.733. The first-order chi connectivity index (χ1) is 8.52. The summed E-state index contributed by atoms with van der Waals surface area (Å²) in [7, 11) is 0. The Balaban J connectivity index is 2.61. The van der Waals surface area contributed by atoms with Crippen molar-refractivity contribution in [2.24, 2.45) is 0 Å². The van der Waals surface area contributed by atoms with Crippen LogP contribution in [0, 0.1) is 0 Å². The number of nitrogens with zero attached hydrogens (tertiary/aromatic N) is 1. The van der Waals surface area contributed by atoms with Crippen molar-refractivity contribution in [1.29, 1.82) is 0 Å². The molecule has 0 aliphatic rings. The van der Waals surface area contributed by atoms with Gasteiger partial charge in [0.25, 0.3) is 0 Å². The second-order valence-corrected chi connectivity index (χ2v) is 3.96. The monoisotopic (exact) mass is 271 g/mol. The third-order valence-electron chi connectivity index (χ3n) is 2.44. The Hall–Kier alpha value is -1.55. The van der Waals surface area contributed by atoms with Crippen LogP contribution in [-0.2, 0) is 12.1 Å². The molecule has 18 heavy (non-hydrogen) atoms. The highest BCUT2D eigenvalue weighted by molar-refractivity contribution is 6.16. The van der Waals surface area contributed by atoms with E-state index < -0.39 is 11.9 Å². The van der Waals surface area contributed by atoms with Crippen molar-refractivity contribution in [1.82, 2.24) is 4.98 Å². The highest BCUT2D eigenvalue weighted by Gasteiger charge is 2.35. The second kappa shape index (κ2) is 4.98. The zero-order valence-electron chi connectivity index (χ0n) is 9.21. The molecule has 1 aromatic heterocycles. The van der Waals surface area contributed by atoms with Gasteiger partial charge in [0.15, 0.2) is 5.69 Å². The molecule has 0 unspecified atom stereocenters. The van der Waals surface area contributed by atoms with Crippen molar-refractivity contribution in [2.75, 3.05) is 0 Å². The van der Waals surface area contributed by atoms with Crippen LogP contribution in [0.4, 0.5) is 13.2 Å². The van der Waals surface area contributed by atoms with Crippen LogP contribution in [0.2, 0.25) is 0 Å². The summed E-state index contributed by atoms with van der Waals surface area (Å²) in [5.41, 5.74) is -0.133. The van der Waals surface area contributed by atoms with E-state index in [9.17, 15) is 13.2 Å². The smallest absolute Gasteiger partial charge is 0.246 e. The number of benzene rings is 1. The number of pyridine rings is 1. The topological polar surface area (TPSA) is 12.9 Å². The minimum atomic E-state index is -4.49. The Kier molecular flexibility index (Phi) is 3.57. The largest absolute Gasteiger partial charge is 0.433 e. The third kappa shape index (κ3) is 2.64. The number of hydrogen-bond donors (Lipinski definition) is 0. The first kappa shape index (κ1) is 12.9. The van der Waals surface area contributed by atoms with Crippen LogP contribution in [-0.4, -0.2) is 4.98 Å². The Bertz CT molecular complexity index is 538. The molecular weight excluding hydrogens is 263 g/mol. The molecule has 0 aliphatic heterocycles. The molecule has 0 atom stereocenters. The van der Waals surface area contributed by atoms with Gasteiger partial charge in [0, 0.05) is 5.56 Å². The van der Waals surface area contributed by atoms with Gasteiger partial charge in [-0.3, -0.25) is 0 Å². The Morgan fingerprint density at radius 2 is 1.67 bits per heavy atom. The number of hydrogen-bond acceptors (Lipinski definition) is 1. The molecule has 1 heterocycles. The molecule has 0 bridgehead atoms. The first-order valence-corrected chi connectivity index (χ1v) is 5.74. The van der Waals surface area contributed by atoms with E-state index in [4.69, 9.17) is 11.6 Å². The summed E-state index contributed by atoms with van der Waals surface area (Å²) in [5, 5.41) is 0. The molecule has 0 saturated carbocycles. The number of halogens is 4. The van der Waals surface area contributed by atoms with Crippen LogP contribution in [0.3, 0.4) is 0 Å². The van der Waals surface area contributed by atoms with Crippen LogP contribution in [0.15, 0.2) is 42.5 Å². The van der Waals surface area contributed by atoms with Crippen LogP contribution in [0.1, 0.15) is 11.4 Å². The molecule has 0 aliphatic carbocycles. The maximum absolute atomic E-state index is 12.9. The van der Waals surface area contributed by atoms with E-state index in [1.165, 1.54) is 12.1 Å². The van der Waals surface area contributed by atoms with Crippen molar-refractivity contribution >= 4 is 11.6 Å². The summed E-state index contributed by atoms with van der Waals surface area (Å²) >= 11 is 5.52. The van der Waals surface area contributed by atoms with Crippen molar-refractivity contribution in [3.05, 3.63) is 53.9 Å². The molecule has 2 rings (SSSR count).